The van der Waals surface area contributed by atoms with E-state index in [2.05, 4.69) is 0 Å². The van der Waals surface area contributed by atoms with Gasteiger partial charge in [-0.05, 0) is 0 Å². The van der Waals surface area contributed by atoms with Gasteiger partial charge in [0.05, 0.1) is 0 Å². The SMILES string of the molecule is [Fe+2].[Ni+2].[OH-].[OH-].[OH-].[OH-].[OH-].[OH-].[Pt+2]. The number of hydrogen-bond acceptors (Lipinski definition) is 6. The van der Waals surface area contributed by atoms with E-state index >= 15 is 0 Å². The quantitative estimate of drug-likeness (QED) is 0.457. The Morgan fingerprint density at radius 1 is 0.444 bits per heavy atom. The molecule has 0 spiro atoms. The van der Waals surface area contributed by atoms with E-state index in [9.17, 15) is 0 Å². The van der Waals surface area contributed by atoms with Gasteiger partial charge in [0.2, 0.25) is 0 Å². The van der Waals surface area contributed by atoms with Crippen LogP contribution in [-0.2, 0) is 54.6 Å². The first-order valence-corrected chi connectivity index (χ1v) is 0. The summed E-state index contributed by atoms with van der Waals surface area (Å²) in [7, 11) is 0. The van der Waals surface area contributed by atoms with E-state index in [1.54, 1.807) is 0 Å². The molecule has 0 aliphatic heterocycles. The van der Waals surface area contributed by atoms with Crippen molar-refractivity contribution in [3.63, 3.8) is 0 Å². The summed E-state index contributed by atoms with van der Waals surface area (Å²) in [6, 6.07) is 0. The Morgan fingerprint density at radius 3 is 0.444 bits per heavy atom. The maximum absolute atomic E-state index is 0. The molecule has 0 aliphatic carbocycles. The molecule has 0 aromatic heterocycles. The second-order valence-corrected chi connectivity index (χ2v) is 0. The predicted octanol–water partition coefficient (Wildman–Crippen LogP) is -1.07. The van der Waals surface area contributed by atoms with Crippen molar-refractivity contribution in [2.75, 3.05) is 0 Å². The van der Waals surface area contributed by atoms with Gasteiger partial charge in [-0.3, -0.25) is 0 Å². The van der Waals surface area contributed by atoms with Gasteiger partial charge in [-0.1, -0.05) is 0 Å². The smallest absolute Gasteiger partial charge is 0.870 e. The van der Waals surface area contributed by atoms with Gasteiger partial charge in [-0.25, -0.2) is 0 Å². The summed E-state index contributed by atoms with van der Waals surface area (Å²) >= 11 is 0. The molecule has 0 aromatic carbocycles. The number of rotatable bonds is 0. The Kier molecular flexibility index (Phi) is 15500. The molecule has 0 radical (unpaired) electrons. The minimum absolute atomic E-state index is 0. The molecule has 0 amide bonds. The summed E-state index contributed by atoms with van der Waals surface area (Å²) in [4.78, 5) is 0. The molecule has 0 aliphatic rings. The molecule has 0 saturated carbocycles. The van der Waals surface area contributed by atoms with Gasteiger partial charge in [0.1, 0.15) is 0 Å². The normalized spacial score (nSPS) is 0. The molecule has 0 aromatic rings. The molecule has 0 fully saturated rings. The van der Waals surface area contributed by atoms with Gasteiger partial charge in [-0.2, -0.15) is 0 Å². The van der Waals surface area contributed by atoms with Crippen molar-refractivity contribution < 1.29 is 87.5 Å². The van der Waals surface area contributed by atoms with Crippen LogP contribution in [0.3, 0.4) is 0 Å². The molecule has 0 unspecified atom stereocenters. The van der Waals surface area contributed by atoms with E-state index in [4.69, 9.17) is 0 Å². The van der Waals surface area contributed by atoms with Crippen molar-refractivity contribution in [3.05, 3.63) is 0 Å². The standard InChI is InChI=1S/Fe.Ni.6H2O.Pt/h;;6*1H2;/q2*+2;;;;;;;+2/p-6. The Labute approximate surface area is 87.3 Å². The first-order chi connectivity index (χ1) is 0. The third-order valence-electron chi connectivity index (χ3n) is 0. The summed E-state index contributed by atoms with van der Waals surface area (Å²) in [5.41, 5.74) is 0. The molecule has 9 heavy (non-hydrogen) atoms. The van der Waals surface area contributed by atoms with Crippen molar-refractivity contribution in [2.45, 2.75) is 0 Å². The minimum atomic E-state index is 0. The Morgan fingerprint density at radius 2 is 0.444 bits per heavy atom. The molecule has 0 rings (SSSR count). The summed E-state index contributed by atoms with van der Waals surface area (Å²) in [6.07, 6.45) is 0. The van der Waals surface area contributed by atoms with Crippen LogP contribution in [0.15, 0.2) is 0 Å². The molecular weight excluding hydrogens is 406 g/mol. The minimum Gasteiger partial charge on any atom is -0.870 e. The van der Waals surface area contributed by atoms with Gasteiger partial charge in [0, 0.05) is 0 Å². The van der Waals surface area contributed by atoms with Crippen LogP contribution in [0.5, 0.6) is 0 Å². The summed E-state index contributed by atoms with van der Waals surface area (Å²) in [5.74, 6) is 0. The van der Waals surface area contributed by atoms with Crippen molar-refractivity contribution in [1.29, 1.82) is 0 Å². The zero-order chi connectivity index (χ0) is 0. The second kappa shape index (κ2) is 317. The molecule has 0 heterocycles. The van der Waals surface area contributed by atoms with Gasteiger partial charge < -0.3 is 32.9 Å². The fourth-order valence-electron chi connectivity index (χ4n) is 0. The molecule has 6 N–H and O–H groups in total. The molecule has 6 nitrogen and oxygen atoms in total. The van der Waals surface area contributed by atoms with Crippen LogP contribution in [0, 0.1) is 0 Å². The second-order valence-electron chi connectivity index (χ2n) is 0. The third kappa shape index (κ3) is 247. The van der Waals surface area contributed by atoms with E-state index in [-0.39, 0.29) is 87.5 Å². The van der Waals surface area contributed by atoms with Crippen molar-refractivity contribution >= 4 is 0 Å². The molecule has 9 heteroatoms. The van der Waals surface area contributed by atoms with E-state index in [0.717, 1.165) is 0 Å². The monoisotopic (exact) mass is 411 g/mol. The number of hydrogen-bond donors (Lipinski definition) is 0. The van der Waals surface area contributed by atoms with Crippen molar-refractivity contribution in [2.24, 2.45) is 0 Å². The topological polar surface area (TPSA) is 180 Å². The Bertz CT molecular complexity index is 13.0. The van der Waals surface area contributed by atoms with Gasteiger partial charge in [-0.15, -0.1) is 0 Å². The zero-order valence-electron chi connectivity index (χ0n) is 3.67. The van der Waals surface area contributed by atoms with Gasteiger partial charge >= 0.3 is 54.6 Å². The molecule has 70 valence electrons. The third-order valence-corrected chi connectivity index (χ3v) is 0. The Hall–Kier alpha value is 1.46. The fourth-order valence-corrected chi connectivity index (χ4v) is 0. The molecule has 0 bridgehead atoms. The average molecular weight is 412 g/mol. The molecule has 0 saturated heterocycles. The summed E-state index contributed by atoms with van der Waals surface area (Å²) in [5, 5.41) is 0. The average Bonchev–Trinajstić information content (AvgIpc) is 0. The van der Waals surface area contributed by atoms with Gasteiger partial charge in [0.25, 0.3) is 0 Å². The fraction of sp³-hybridized carbons (Fsp3) is 0. The van der Waals surface area contributed by atoms with Crippen LogP contribution in [0.2, 0.25) is 0 Å². The van der Waals surface area contributed by atoms with E-state index < -0.39 is 0 Å². The van der Waals surface area contributed by atoms with Crippen LogP contribution in [0.25, 0.3) is 0 Å². The largest absolute Gasteiger partial charge is 2.00 e. The maximum Gasteiger partial charge on any atom is 2.00 e. The van der Waals surface area contributed by atoms with Crippen LogP contribution < -0.4 is 0 Å². The Balaban J connectivity index is 0. The van der Waals surface area contributed by atoms with Crippen LogP contribution in [-0.4, -0.2) is 32.9 Å². The van der Waals surface area contributed by atoms with Crippen LogP contribution in [0.1, 0.15) is 0 Å². The predicted molar refractivity (Wildman–Crippen MR) is 11.6 cm³/mol. The summed E-state index contributed by atoms with van der Waals surface area (Å²) < 4.78 is 0. The van der Waals surface area contributed by atoms with E-state index in [1.165, 1.54) is 0 Å². The van der Waals surface area contributed by atoms with Gasteiger partial charge in [0.15, 0.2) is 0 Å². The molecule has 0 atom stereocenters. The van der Waals surface area contributed by atoms with Crippen molar-refractivity contribution in [3.8, 4) is 0 Å². The maximum atomic E-state index is 0. The summed E-state index contributed by atoms with van der Waals surface area (Å²) in [6.45, 7) is 0. The van der Waals surface area contributed by atoms with Crippen LogP contribution >= 0.6 is 0 Å². The first kappa shape index (κ1) is 439. The van der Waals surface area contributed by atoms with Crippen molar-refractivity contribution in [1.82, 2.24) is 0 Å². The molecular formula is H6FeNiO6Pt. The van der Waals surface area contributed by atoms with E-state index in [0.29, 0.717) is 0 Å². The van der Waals surface area contributed by atoms with E-state index in [1.807, 2.05) is 0 Å². The first-order valence-electron chi connectivity index (χ1n) is 0. The van der Waals surface area contributed by atoms with Crippen LogP contribution in [0.4, 0.5) is 0 Å². The zero-order valence-corrected chi connectivity index (χ0v) is 8.03.